The van der Waals surface area contributed by atoms with Crippen LogP contribution in [0, 0.1) is 0 Å². The van der Waals surface area contributed by atoms with Crippen LogP contribution < -0.4 is 5.32 Å². The fraction of sp³-hybridized carbons (Fsp3) is 1.00. The third kappa shape index (κ3) is 10.5. The van der Waals surface area contributed by atoms with E-state index in [1.54, 1.807) is 0 Å². The van der Waals surface area contributed by atoms with Crippen LogP contribution >= 0.6 is 0 Å². The maximum absolute atomic E-state index is 3.52. The Bertz CT molecular complexity index is 82.6. The molecular formula is C15H37N. The lowest BCUT2D eigenvalue weighted by Crippen LogP contribution is -2.42. The van der Waals surface area contributed by atoms with Crippen LogP contribution in [-0.2, 0) is 0 Å². The van der Waals surface area contributed by atoms with E-state index >= 15 is 0 Å². The average Bonchev–Trinajstić information content (AvgIpc) is 2.35. The average molecular weight is 231 g/mol. The van der Waals surface area contributed by atoms with Crippen molar-refractivity contribution in [3.8, 4) is 0 Å². The predicted octanol–water partition coefficient (Wildman–Crippen LogP) is 5.40. The van der Waals surface area contributed by atoms with Crippen molar-refractivity contribution in [2.45, 2.75) is 92.5 Å². The van der Waals surface area contributed by atoms with Gasteiger partial charge in [0.2, 0.25) is 0 Å². The molecule has 0 fully saturated rings. The first-order valence-corrected chi connectivity index (χ1v) is 7.43. The monoisotopic (exact) mass is 231 g/mol. The molecule has 0 heterocycles. The molecule has 0 saturated heterocycles. The van der Waals surface area contributed by atoms with E-state index in [9.17, 15) is 0 Å². The first-order valence-electron chi connectivity index (χ1n) is 7.43. The van der Waals surface area contributed by atoms with Crippen LogP contribution in [0.15, 0.2) is 0 Å². The highest BCUT2D eigenvalue weighted by Gasteiger charge is 2.24. The lowest BCUT2D eigenvalue weighted by atomic mass is 9.84. The van der Waals surface area contributed by atoms with Crippen molar-refractivity contribution < 1.29 is 0 Å². The molecular weight excluding hydrogens is 194 g/mol. The minimum Gasteiger partial charge on any atom is -0.314 e. The van der Waals surface area contributed by atoms with Gasteiger partial charge in [-0.1, -0.05) is 67.7 Å². The van der Waals surface area contributed by atoms with Crippen LogP contribution in [0.2, 0.25) is 0 Å². The van der Waals surface area contributed by atoms with Crippen LogP contribution in [0.3, 0.4) is 0 Å². The van der Waals surface area contributed by atoms with Gasteiger partial charge in [0.1, 0.15) is 0 Å². The Hall–Kier alpha value is -0.0400. The van der Waals surface area contributed by atoms with E-state index in [0.717, 1.165) is 0 Å². The summed E-state index contributed by atoms with van der Waals surface area (Å²) in [6.45, 7) is 14.8. The van der Waals surface area contributed by atoms with Crippen LogP contribution in [0.5, 0.6) is 0 Å². The highest BCUT2D eigenvalue weighted by atomic mass is 14.9. The second-order valence-corrected chi connectivity index (χ2v) is 3.78. The molecule has 0 aromatic heterocycles. The van der Waals surface area contributed by atoms with Crippen molar-refractivity contribution in [3.05, 3.63) is 0 Å². The molecule has 0 unspecified atom stereocenters. The van der Waals surface area contributed by atoms with Crippen molar-refractivity contribution in [3.63, 3.8) is 0 Å². The zero-order valence-electron chi connectivity index (χ0n) is 13.2. The second-order valence-electron chi connectivity index (χ2n) is 3.78. The van der Waals surface area contributed by atoms with E-state index in [1.165, 1.54) is 38.5 Å². The molecule has 0 aromatic rings. The maximum atomic E-state index is 3.52. The Balaban J connectivity index is -0.000000376. The second kappa shape index (κ2) is 17.4. The van der Waals surface area contributed by atoms with E-state index in [2.05, 4.69) is 33.1 Å². The highest BCUT2D eigenvalue weighted by Crippen LogP contribution is 2.24. The minimum absolute atomic E-state index is 0.443. The van der Waals surface area contributed by atoms with E-state index in [0.29, 0.717) is 5.54 Å². The standard InChI is InChI=1S/C11H25N.2C2H6/c1-5-8-11(12-4,9-6-2)10-7-3;2*1-2/h12H,5-10H2,1-4H3;2*1-2H3. The summed E-state index contributed by atoms with van der Waals surface area (Å²) in [6.07, 6.45) is 7.85. The van der Waals surface area contributed by atoms with Crippen LogP contribution in [0.4, 0.5) is 0 Å². The first kappa shape index (κ1) is 21.3. The van der Waals surface area contributed by atoms with Crippen molar-refractivity contribution in [2.24, 2.45) is 0 Å². The fourth-order valence-electron chi connectivity index (χ4n) is 2.19. The molecule has 0 saturated carbocycles. The summed E-state index contributed by atoms with van der Waals surface area (Å²) < 4.78 is 0. The highest BCUT2D eigenvalue weighted by molar-refractivity contribution is 4.85. The van der Waals surface area contributed by atoms with Gasteiger partial charge in [-0.25, -0.2) is 0 Å². The molecule has 0 bridgehead atoms. The lowest BCUT2D eigenvalue weighted by Gasteiger charge is -2.33. The molecule has 1 heteroatoms. The Labute approximate surface area is 105 Å². The van der Waals surface area contributed by atoms with Crippen LogP contribution in [0.1, 0.15) is 87.0 Å². The van der Waals surface area contributed by atoms with Crippen LogP contribution in [-0.4, -0.2) is 12.6 Å². The molecule has 102 valence electrons. The molecule has 0 amide bonds. The molecule has 0 radical (unpaired) electrons. The van der Waals surface area contributed by atoms with Gasteiger partial charge in [0.05, 0.1) is 0 Å². The van der Waals surface area contributed by atoms with Gasteiger partial charge in [-0.2, -0.15) is 0 Å². The number of nitrogens with one attached hydrogen (secondary N) is 1. The first-order chi connectivity index (χ1) is 7.74. The van der Waals surface area contributed by atoms with Gasteiger partial charge in [0, 0.05) is 5.54 Å². The number of hydrogen-bond acceptors (Lipinski definition) is 1. The van der Waals surface area contributed by atoms with Crippen molar-refractivity contribution in [1.29, 1.82) is 0 Å². The third-order valence-corrected chi connectivity index (χ3v) is 2.72. The van der Waals surface area contributed by atoms with Crippen LogP contribution in [0.25, 0.3) is 0 Å². The lowest BCUT2D eigenvalue weighted by molar-refractivity contribution is 0.272. The van der Waals surface area contributed by atoms with E-state index < -0.39 is 0 Å². The van der Waals surface area contributed by atoms with Gasteiger partial charge in [0.15, 0.2) is 0 Å². The van der Waals surface area contributed by atoms with Crippen molar-refractivity contribution in [2.75, 3.05) is 7.05 Å². The molecule has 0 rings (SSSR count). The summed E-state index contributed by atoms with van der Waals surface area (Å²) in [5.74, 6) is 0. The van der Waals surface area contributed by atoms with Gasteiger partial charge in [-0.3, -0.25) is 0 Å². The van der Waals surface area contributed by atoms with E-state index in [4.69, 9.17) is 0 Å². The SMILES string of the molecule is CC.CC.CCCC(CCC)(CCC)NC. The zero-order chi connectivity index (χ0) is 13.4. The summed E-state index contributed by atoms with van der Waals surface area (Å²) in [7, 11) is 2.11. The molecule has 1 nitrogen and oxygen atoms in total. The molecule has 0 atom stereocenters. The molecule has 0 aliphatic rings. The molecule has 1 N–H and O–H groups in total. The molecule has 0 aliphatic heterocycles. The summed E-state index contributed by atoms with van der Waals surface area (Å²) in [5.41, 5.74) is 0.443. The van der Waals surface area contributed by atoms with Gasteiger partial charge in [0.25, 0.3) is 0 Å². The van der Waals surface area contributed by atoms with Gasteiger partial charge >= 0.3 is 0 Å². The zero-order valence-corrected chi connectivity index (χ0v) is 13.2. The number of hydrogen-bond donors (Lipinski definition) is 1. The molecule has 0 aliphatic carbocycles. The van der Waals surface area contributed by atoms with Gasteiger partial charge < -0.3 is 5.32 Å². The Morgan fingerprint density at radius 2 is 0.938 bits per heavy atom. The smallest absolute Gasteiger partial charge is 0.0178 e. The normalized spacial score (nSPS) is 9.75. The third-order valence-electron chi connectivity index (χ3n) is 2.72. The van der Waals surface area contributed by atoms with Crippen molar-refractivity contribution >= 4 is 0 Å². The predicted molar refractivity (Wildman–Crippen MR) is 79.2 cm³/mol. The quantitative estimate of drug-likeness (QED) is 0.619. The Kier molecular flexibility index (Phi) is 23.1. The summed E-state index contributed by atoms with van der Waals surface area (Å²) in [5, 5.41) is 3.52. The molecule has 0 aromatic carbocycles. The molecule has 16 heavy (non-hydrogen) atoms. The topological polar surface area (TPSA) is 12.0 Å². The van der Waals surface area contributed by atoms with Crippen molar-refractivity contribution in [1.82, 2.24) is 5.32 Å². The van der Waals surface area contributed by atoms with Gasteiger partial charge in [-0.15, -0.1) is 0 Å². The number of rotatable bonds is 7. The molecule has 0 spiro atoms. The summed E-state index contributed by atoms with van der Waals surface area (Å²) in [4.78, 5) is 0. The van der Waals surface area contributed by atoms with E-state index in [-0.39, 0.29) is 0 Å². The maximum Gasteiger partial charge on any atom is 0.0178 e. The Morgan fingerprint density at radius 3 is 1.06 bits per heavy atom. The largest absolute Gasteiger partial charge is 0.314 e. The van der Waals surface area contributed by atoms with Gasteiger partial charge in [-0.05, 0) is 26.3 Å². The Morgan fingerprint density at radius 1 is 0.688 bits per heavy atom. The van der Waals surface area contributed by atoms with E-state index in [1.807, 2.05) is 27.7 Å². The summed E-state index contributed by atoms with van der Waals surface area (Å²) >= 11 is 0. The summed E-state index contributed by atoms with van der Waals surface area (Å²) in [6, 6.07) is 0. The fourth-order valence-corrected chi connectivity index (χ4v) is 2.19. The minimum atomic E-state index is 0.443.